The van der Waals surface area contributed by atoms with E-state index in [0.29, 0.717) is 13.0 Å². The maximum atomic E-state index is 13.8. The van der Waals surface area contributed by atoms with Crippen molar-refractivity contribution in [3.8, 4) is 5.75 Å². The third kappa shape index (κ3) is 5.56. The molecule has 2 aliphatic rings. The molecule has 37 heavy (non-hydrogen) atoms. The second-order valence-corrected chi connectivity index (χ2v) is 9.68. The van der Waals surface area contributed by atoms with Gasteiger partial charge >= 0.3 is 6.03 Å². The lowest BCUT2D eigenvalue weighted by molar-refractivity contribution is -0.189. The SMILES string of the molecule is CCCC[C@H]1C(=O)N([C@H](C)c2ccccc2)C[C@H]2N1C(=O)CN(C)N2C(=O)NCc1ccc(OC)cc1. The fourth-order valence-electron chi connectivity index (χ4n) is 5.20. The van der Waals surface area contributed by atoms with Crippen molar-refractivity contribution in [2.24, 2.45) is 0 Å². The number of fused-ring (bicyclic) bond motifs is 1. The number of rotatable bonds is 8. The van der Waals surface area contributed by atoms with E-state index >= 15 is 0 Å². The number of carbonyl (C=O) groups is 3. The summed E-state index contributed by atoms with van der Waals surface area (Å²) in [7, 11) is 3.35. The average molecular weight is 508 g/mol. The van der Waals surface area contributed by atoms with Gasteiger partial charge < -0.3 is 19.9 Å². The summed E-state index contributed by atoms with van der Waals surface area (Å²) in [5.74, 6) is 0.559. The molecule has 2 aromatic rings. The highest BCUT2D eigenvalue weighted by atomic mass is 16.5. The van der Waals surface area contributed by atoms with Crippen LogP contribution in [0.3, 0.4) is 0 Å². The van der Waals surface area contributed by atoms with Crippen LogP contribution in [0.1, 0.15) is 50.3 Å². The summed E-state index contributed by atoms with van der Waals surface area (Å²) < 4.78 is 5.21. The van der Waals surface area contributed by atoms with Gasteiger partial charge in [-0.3, -0.25) is 9.59 Å². The Kier molecular flexibility index (Phi) is 8.33. The van der Waals surface area contributed by atoms with Gasteiger partial charge in [0.05, 0.1) is 26.2 Å². The van der Waals surface area contributed by atoms with Crippen molar-refractivity contribution in [3.05, 3.63) is 65.7 Å². The zero-order valence-electron chi connectivity index (χ0n) is 22.1. The first kappa shape index (κ1) is 26.5. The Balaban J connectivity index is 1.60. The molecule has 3 atom stereocenters. The molecule has 0 saturated carbocycles. The molecule has 0 spiro atoms. The largest absolute Gasteiger partial charge is 0.497 e. The van der Waals surface area contributed by atoms with Gasteiger partial charge in [0.2, 0.25) is 11.8 Å². The Labute approximate surface area is 218 Å². The molecule has 4 amide bonds. The van der Waals surface area contributed by atoms with Gasteiger partial charge in [-0.1, -0.05) is 62.2 Å². The van der Waals surface area contributed by atoms with Gasteiger partial charge in [0.1, 0.15) is 18.0 Å². The second-order valence-electron chi connectivity index (χ2n) is 9.68. The van der Waals surface area contributed by atoms with Gasteiger partial charge in [-0.05, 0) is 36.6 Å². The molecule has 2 fully saturated rings. The number of nitrogens with zero attached hydrogens (tertiary/aromatic N) is 4. The van der Waals surface area contributed by atoms with Crippen LogP contribution in [0, 0.1) is 0 Å². The third-order valence-corrected chi connectivity index (χ3v) is 7.28. The minimum absolute atomic E-state index is 0.0383. The van der Waals surface area contributed by atoms with Gasteiger partial charge in [-0.25, -0.2) is 14.8 Å². The Hall–Kier alpha value is -3.59. The topological polar surface area (TPSA) is 85.4 Å². The summed E-state index contributed by atoms with van der Waals surface area (Å²) in [5.41, 5.74) is 1.95. The van der Waals surface area contributed by atoms with Gasteiger partial charge in [-0.2, -0.15) is 0 Å². The molecule has 0 unspecified atom stereocenters. The fourth-order valence-corrected chi connectivity index (χ4v) is 5.20. The third-order valence-electron chi connectivity index (χ3n) is 7.28. The number of hydrazine groups is 1. The highest BCUT2D eigenvalue weighted by molar-refractivity contribution is 5.91. The fraction of sp³-hybridized carbons (Fsp3) is 0.464. The van der Waals surface area contributed by atoms with E-state index in [2.05, 4.69) is 12.2 Å². The number of methoxy groups -OCH3 is 1. The molecule has 2 heterocycles. The van der Waals surface area contributed by atoms with Crippen LogP contribution in [0.2, 0.25) is 0 Å². The molecule has 0 aromatic heterocycles. The number of hydrogen-bond donors (Lipinski definition) is 1. The van der Waals surface area contributed by atoms with Crippen LogP contribution in [-0.2, 0) is 16.1 Å². The number of likely N-dealkylation sites (N-methyl/N-ethyl adjacent to an activating group) is 1. The number of ether oxygens (including phenoxy) is 1. The zero-order valence-corrected chi connectivity index (χ0v) is 22.1. The van der Waals surface area contributed by atoms with Gasteiger partial charge in [0.25, 0.3) is 0 Å². The molecule has 2 aliphatic heterocycles. The molecular formula is C28H37N5O4. The van der Waals surface area contributed by atoms with Crippen molar-refractivity contribution in [3.63, 3.8) is 0 Å². The minimum Gasteiger partial charge on any atom is -0.497 e. The summed E-state index contributed by atoms with van der Waals surface area (Å²) in [5, 5.41) is 6.25. The molecule has 2 saturated heterocycles. The molecule has 2 aromatic carbocycles. The summed E-state index contributed by atoms with van der Waals surface area (Å²) in [6, 6.07) is 16.3. The van der Waals surface area contributed by atoms with E-state index in [-0.39, 0.29) is 37.0 Å². The number of carbonyl (C=O) groups excluding carboxylic acids is 3. The molecule has 9 nitrogen and oxygen atoms in total. The quantitative estimate of drug-likeness (QED) is 0.592. The average Bonchev–Trinajstić information content (AvgIpc) is 2.91. The normalized spacial score (nSPS) is 21.0. The molecule has 0 bridgehead atoms. The smallest absolute Gasteiger partial charge is 0.334 e. The molecule has 9 heteroatoms. The van der Waals surface area contributed by atoms with Crippen molar-refractivity contribution < 1.29 is 19.1 Å². The Morgan fingerprint density at radius 1 is 1.11 bits per heavy atom. The van der Waals surface area contributed by atoms with Crippen LogP contribution in [0.4, 0.5) is 4.79 Å². The monoisotopic (exact) mass is 507 g/mol. The van der Waals surface area contributed by atoms with E-state index in [1.807, 2.05) is 66.4 Å². The van der Waals surface area contributed by atoms with Crippen molar-refractivity contribution in [2.45, 2.75) is 57.9 Å². The van der Waals surface area contributed by atoms with E-state index in [1.54, 1.807) is 29.1 Å². The van der Waals surface area contributed by atoms with Crippen LogP contribution in [-0.4, -0.2) is 77.1 Å². The summed E-state index contributed by atoms with van der Waals surface area (Å²) in [6.45, 7) is 4.68. The molecular weight excluding hydrogens is 470 g/mol. The first-order valence-corrected chi connectivity index (χ1v) is 12.9. The maximum absolute atomic E-state index is 13.8. The van der Waals surface area contributed by atoms with E-state index in [0.717, 1.165) is 29.7 Å². The van der Waals surface area contributed by atoms with Crippen molar-refractivity contribution in [2.75, 3.05) is 27.2 Å². The van der Waals surface area contributed by atoms with Gasteiger partial charge in [0, 0.05) is 13.6 Å². The van der Waals surface area contributed by atoms with Crippen LogP contribution < -0.4 is 10.1 Å². The maximum Gasteiger partial charge on any atom is 0.334 e. The van der Waals surface area contributed by atoms with Crippen molar-refractivity contribution in [1.29, 1.82) is 0 Å². The van der Waals surface area contributed by atoms with Crippen molar-refractivity contribution in [1.82, 2.24) is 25.1 Å². The Morgan fingerprint density at radius 3 is 2.46 bits per heavy atom. The lowest BCUT2D eigenvalue weighted by atomic mass is 9.98. The lowest BCUT2D eigenvalue weighted by Gasteiger charge is -2.55. The van der Waals surface area contributed by atoms with Gasteiger partial charge in [-0.15, -0.1) is 0 Å². The van der Waals surface area contributed by atoms with Gasteiger partial charge in [0.15, 0.2) is 0 Å². The Morgan fingerprint density at radius 2 is 1.81 bits per heavy atom. The van der Waals surface area contributed by atoms with E-state index in [4.69, 9.17) is 4.74 Å². The molecule has 4 rings (SSSR count). The number of benzene rings is 2. The summed E-state index contributed by atoms with van der Waals surface area (Å²) in [6.07, 6.45) is 1.71. The van der Waals surface area contributed by atoms with E-state index < -0.39 is 12.2 Å². The predicted molar refractivity (Wildman–Crippen MR) is 140 cm³/mol. The number of hydrogen-bond acceptors (Lipinski definition) is 5. The number of amides is 4. The highest BCUT2D eigenvalue weighted by Crippen LogP contribution is 2.32. The lowest BCUT2D eigenvalue weighted by Crippen LogP contribution is -2.76. The zero-order chi connectivity index (χ0) is 26.5. The molecule has 0 radical (unpaired) electrons. The number of nitrogens with one attached hydrogen (secondary N) is 1. The first-order valence-electron chi connectivity index (χ1n) is 12.9. The van der Waals surface area contributed by atoms with Crippen LogP contribution in [0.15, 0.2) is 54.6 Å². The van der Waals surface area contributed by atoms with Crippen LogP contribution in [0.5, 0.6) is 5.75 Å². The summed E-state index contributed by atoms with van der Waals surface area (Å²) in [4.78, 5) is 44.0. The predicted octanol–water partition coefficient (Wildman–Crippen LogP) is 3.38. The standard InChI is InChI=1S/C28H37N5O4/c1-5-6-12-24-27(35)31(20(2)22-10-8-7-9-11-22)18-25-32(24)26(34)19-30(3)33(25)28(36)29-17-21-13-15-23(37-4)16-14-21/h7-11,13-16,20,24-25H,5-6,12,17-19H2,1-4H3,(H,29,36)/t20-,24+,25+/m1/s1. The second kappa shape index (κ2) is 11.6. The highest BCUT2D eigenvalue weighted by Gasteiger charge is 2.51. The number of urea groups is 1. The number of piperazine rings is 1. The Bertz CT molecular complexity index is 1090. The summed E-state index contributed by atoms with van der Waals surface area (Å²) >= 11 is 0. The van der Waals surface area contributed by atoms with E-state index in [1.165, 1.54) is 0 Å². The van der Waals surface area contributed by atoms with E-state index in [9.17, 15) is 14.4 Å². The first-order chi connectivity index (χ1) is 17.8. The van der Waals surface area contributed by atoms with Crippen LogP contribution >= 0.6 is 0 Å². The minimum atomic E-state index is -0.594. The van der Waals surface area contributed by atoms with Crippen LogP contribution in [0.25, 0.3) is 0 Å². The van der Waals surface area contributed by atoms with Crippen molar-refractivity contribution >= 4 is 17.8 Å². The molecule has 198 valence electrons. The number of unbranched alkanes of at least 4 members (excludes halogenated alkanes) is 1. The molecule has 1 N–H and O–H groups in total. The molecule has 0 aliphatic carbocycles.